The number of ether oxygens (including phenoxy) is 2. The highest BCUT2D eigenvalue weighted by molar-refractivity contribution is 5.89. The van der Waals surface area contributed by atoms with E-state index in [2.05, 4.69) is 18.7 Å². The van der Waals surface area contributed by atoms with Crippen molar-refractivity contribution in [3.05, 3.63) is 24.8 Å². The van der Waals surface area contributed by atoms with Crippen LogP contribution in [0.3, 0.4) is 0 Å². The van der Waals surface area contributed by atoms with Crippen LogP contribution in [0.25, 0.3) is 0 Å². The van der Waals surface area contributed by atoms with Crippen LogP contribution >= 0.6 is 0 Å². The Morgan fingerprint density at radius 1 is 1.50 bits per heavy atom. The summed E-state index contributed by atoms with van der Waals surface area (Å²) in [4.78, 5) is 12.2. The van der Waals surface area contributed by atoms with E-state index in [9.17, 15) is 4.79 Å². The lowest BCUT2D eigenvalue weighted by Gasteiger charge is -2.24. The molecule has 3 heteroatoms. The lowest BCUT2D eigenvalue weighted by Crippen LogP contribution is -2.27. The number of hydrogen-bond donors (Lipinski definition) is 0. The van der Waals surface area contributed by atoms with Gasteiger partial charge in [-0.1, -0.05) is 18.2 Å². The summed E-state index contributed by atoms with van der Waals surface area (Å²) in [6.07, 6.45) is 9.30. The zero-order chi connectivity index (χ0) is 14.3. The van der Waals surface area contributed by atoms with Gasteiger partial charge in [0.05, 0.1) is 12.7 Å². The highest BCUT2D eigenvalue weighted by Crippen LogP contribution is 2.43. The van der Waals surface area contributed by atoms with Crippen LogP contribution in [-0.4, -0.2) is 24.3 Å². The van der Waals surface area contributed by atoms with Crippen molar-refractivity contribution in [1.29, 1.82) is 0 Å². The summed E-state index contributed by atoms with van der Waals surface area (Å²) in [6, 6.07) is 0. The van der Waals surface area contributed by atoms with E-state index in [1.54, 1.807) is 0 Å². The Morgan fingerprint density at radius 2 is 2.30 bits per heavy atom. The highest BCUT2D eigenvalue weighted by Gasteiger charge is 2.43. The molecular weight excluding hydrogens is 252 g/mol. The molecule has 2 bridgehead atoms. The molecule has 0 radical (unpaired) electrons. The third-order valence-electron chi connectivity index (χ3n) is 4.99. The first-order valence-electron chi connectivity index (χ1n) is 7.66. The minimum Gasteiger partial charge on any atom is -0.348 e. The summed E-state index contributed by atoms with van der Waals surface area (Å²) >= 11 is 0. The second-order valence-electron chi connectivity index (χ2n) is 6.74. The summed E-state index contributed by atoms with van der Waals surface area (Å²) < 4.78 is 11.5. The van der Waals surface area contributed by atoms with E-state index in [1.807, 2.05) is 19.9 Å². The smallest absolute Gasteiger partial charge is 0.163 e. The third-order valence-corrected chi connectivity index (χ3v) is 4.99. The van der Waals surface area contributed by atoms with Gasteiger partial charge in [0.1, 0.15) is 5.78 Å². The number of rotatable bonds is 5. The van der Waals surface area contributed by atoms with Crippen molar-refractivity contribution < 1.29 is 14.3 Å². The summed E-state index contributed by atoms with van der Waals surface area (Å²) in [6.45, 7) is 8.43. The van der Waals surface area contributed by atoms with Gasteiger partial charge in [-0.3, -0.25) is 4.79 Å². The molecule has 0 unspecified atom stereocenters. The van der Waals surface area contributed by atoms with Crippen LogP contribution in [0.15, 0.2) is 24.8 Å². The van der Waals surface area contributed by atoms with Gasteiger partial charge in [-0.25, -0.2) is 0 Å². The number of hydrogen-bond acceptors (Lipinski definition) is 3. The molecule has 110 valence electrons. The predicted molar refractivity (Wildman–Crippen MR) is 77.1 cm³/mol. The topological polar surface area (TPSA) is 35.5 Å². The third kappa shape index (κ3) is 2.49. The van der Waals surface area contributed by atoms with Crippen LogP contribution in [0.2, 0.25) is 0 Å². The first-order chi connectivity index (χ1) is 9.50. The van der Waals surface area contributed by atoms with Gasteiger partial charge in [-0.2, -0.15) is 0 Å². The van der Waals surface area contributed by atoms with Gasteiger partial charge in [0.2, 0.25) is 0 Å². The maximum atomic E-state index is 12.2. The average molecular weight is 276 g/mol. The molecule has 3 rings (SSSR count). The molecular formula is C17H24O3. The molecule has 2 fully saturated rings. The van der Waals surface area contributed by atoms with Gasteiger partial charge >= 0.3 is 0 Å². The molecule has 0 aromatic carbocycles. The minimum absolute atomic E-state index is 0.0757. The molecule has 20 heavy (non-hydrogen) atoms. The molecule has 2 aliphatic carbocycles. The van der Waals surface area contributed by atoms with Crippen molar-refractivity contribution >= 4 is 5.78 Å². The number of allylic oxidation sites excluding steroid dienone is 2. The maximum absolute atomic E-state index is 12.2. The lowest BCUT2D eigenvalue weighted by molar-refractivity contribution is -0.143. The van der Waals surface area contributed by atoms with Crippen molar-refractivity contribution in [2.45, 2.75) is 45.0 Å². The maximum Gasteiger partial charge on any atom is 0.163 e. The standard InChI is InChI=1S/C17H24O3/c1-4-11(15-10-19-17(2,3)20-15)7-8-14-12-5-6-13(9-12)16(14)18/h4-6,11-15H,1,7-10H2,2-3H3/t11-,12-,13+,14+,15+/m1/s1. The molecule has 1 saturated heterocycles. The molecule has 5 atom stereocenters. The van der Waals surface area contributed by atoms with Crippen LogP contribution in [-0.2, 0) is 14.3 Å². The van der Waals surface area contributed by atoms with Gasteiger partial charge in [-0.05, 0) is 39.0 Å². The Balaban J connectivity index is 1.56. The van der Waals surface area contributed by atoms with Gasteiger partial charge in [-0.15, -0.1) is 6.58 Å². The largest absolute Gasteiger partial charge is 0.348 e. The Morgan fingerprint density at radius 3 is 2.85 bits per heavy atom. The number of carbonyl (C=O) groups excluding carboxylic acids is 1. The predicted octanol–water partition coefficient (Wildman–Crippen LogP) is 3.11. The van der Waals surface area contributed by atoms with E-state index < -0.39 is 5.79 Å². The summed E-state index contributed by atoms with van der Waals surface area (Å²) in [5.41, 5.74) is 0. The van der Waals surface area contributed by atoms with Crippen molar-refractivity contribution in [2.24, 2.45) is 23.7 Å². The summed E-state index contributed by atoms with van der Waals surface area (Å²) in [7, 11) is 0. The van der Waals surface area contributed by atoms with E-state index in [0.29, 0.717) is 18.3 Å². The van der Waals surface area contributed by atoms with E-state index >= 15 is 0 Å². The molecule has 3 aliphatic rings. The van der Waals surface area contributed by atoms with E-state index in [0.717, 1.165) is 19.3 Å². The van der Waals surface area contributed by atoms with Gasteiger partial charge in [0, 0.05) is 17.8 Å². The molecule has 1 saturated carbocycles. The Bertz CT molecular complexity index is 438. The van der Waals surface area contributed by atoms with Crippen molar-refractivity contribution in [3.8, 4) is 0 Å². The van der Waals surface area contributed by atoms with Crippen LogP contribution in [0.4, 0.5) is 0 Å². The molecule has 0 N–H and O–H groups in total. The van der Waals surface area contributed by atoms with Crippen LogP contribution < -0.4 is 0 Å². The first-order valence-corrected chi connectivity index (χ1v) is 7.66. The zero-order valence-electron chi connectivity index (χ0n) is 12.4. The number of fused-ring (bicyclic) bond motifs is 2. The molecule has 0 aromatic rings. The summed E-state index contributed by atoms with van der Waals surface area (Å²) in [5, 5.41) is 0. The van der Waals surface area contributed by atoms with Crippen molar-refractivity contribution in [2.75, 3.05) is 6.61 Å². The number of ketones is 1. The average Bonchev–Trinajstić information content (AvgIpc) is 3.07. The van der Waals surface area contributed by atoms with Crippen molar-refractivity contribution in [3.63, 3.8) is 0 Å². The lowest BCUT2D eigenvalue weighted by atomic mass is 9.84. The first kappa shape index (κ1) is 14.0. The van der Waals surface area contributed by atoms with E-state index in [4.69, 9.17) is 9.47 Å². The number of carbonyl (C=O) groups is 1. The van der Waals surface area contributed by atoms with Crippen LogP contribution in [0.1, 0.15) is 33.1 Å². The highest BCUT2D eigenvalue weighted by atomic mass is 16.7. The van der Waals surface area contributed by atoms with Gasteiger partial charge in [0.15, 0.2) is 5.79 Å². The zero-order valence-corrected chi connectivity index (χ0v) is 12.4. The Hall–Kier alpha value is -0.930. The fraction of sp³-hybridized carbons (Fsp3) is 0.706. The molecule has 0 aromatic heterocycles. The fourth-order valence-electron chi connectivity index (χ4n) is 3.83. The Labute approximate surface area is 121 Å². The van der Waals surface area contributed by atoms with Crippen LogP contribution in [0, 0.1) is 23.7 Å². The molecule has 0 amide bonds. The quantitative estimate of drug-likeness (QED) is 0.724. The molecule has 1 heterocycles. The van der Waals surface area contributed by atoms with E-state index in [-0.39, 0.29) is 23.9 Å². The SMILES string of the molecule is C=C[C@H](CC[C@@H]1C(=O)[C@H]2C=C[C@@H]1C2)[C@@H]1COC(C)(C)O1. The molecule has 1 aliphatic heterocycles. The normalized spacial score (nSPS) is 39.4. The monoisotopic (exact) mass is 276 g/mol. The fourth-order valence-corrected chi connectivity index (χ4v) is 3.83. The minimum atomic E-state index is -0.489. The Kier molecular flexibility index (Phi) is 3.59. The second-order valence-corrected chi connectivity index (χ2v) is 6.74. The van der Waals surface area contributed by atoms with Crippen LogP contribution in [0.5, 0.6) is 0 Å². The van der Waals surface area contributed by atoms with Crippen molar-refractivity contribution in [1.82, 2.24) is 0 Å². The molecule has 0 spiro atoms. The van der Waals surface area contributed by atoms with Gasteiger partial charge < -0.3 is 9.47 Å². The number of Topliss-reactive ketones (excluding diaryl/α,β-unsaturated/α-hetero) is 1. The second kappa shape index (κ2) is 5.12. The molecule has 3 nitrogen and oxygen atoms in total. The van der Waals surface area contributed by atoms with E-state index in [1.165, 1.54) is 0 Å². The van der Waals surface area contributed by atoms with Gasteiger partial charge in [0.25, 0.3) is 0 Å². The summed E-state index contributed by atoms with van der Waals surface area (Å²) in [5.74, 6) is 1.14.